The van der Waals surface area contributed by atoms with Crippen LogP contribution in [0.25, 0.3) is 85.2 Å². The molecule has 0 N–H and O–H groups in total. The number of methoxy groups -OCH3 is 2. The van der Waals surface area contributed by atoms with Gasteiger partial charge in [0.2, 0.25) is 0 Å². The van der Waals surface area contributed by atoms with Crippen molar-refractivity contribution in [3.8, 4) is 53.9 Å². The molecule has 6 aromatic heterocycles. The van der Waals surface area contributed by atoms with Crippen molar-refractivity contribution in [3.63, 3.8) is 0 Å². The minimum absolute atomic E-state index is 0.00630. The van der Waals surface area contributed by atoms with Crippen LogP contribution >= 0.6 is 68.0 Å². The van der Waals surface area contributed by atoms with E-state index in [0.717, 1.165) is 28.6 Å². The number of hydrogen-bond donors (Lipinski definition) is 0. The van der Waals surface area contributed by atoms with Gasteiger partial charge in [0.1, 0.15) is 12.1 Å². The van der Waals surface area contributed by atoms with Crippen LogP contribution in [0, 0.1) is 36.5 Å². The van der Waals surface area contributed by atoms with Gasteiger partial charge in [-0.15, -0.1) is 68.0 Å². The molecule has 6 nitrogen and oxygen atoms in total. The van der Waals surface area contributed by atoms with Gasteiger partial charge in [-0.25, -0.2) is 9.59 Å². The molecule has 0 atom stereocenters. The molecule has 0 radical (unpaired) electrons. The van der Waals surface area contributed by atoms with E-state index in [0.29, 0.717) is 9.06 Å². The third kappa shape index (κ3) is 7.67. The maximum absolute atomic E-state index is 12.2. The molecule has 62 heavy (non-hydrogen) atoms. The highest BCUT2D eigenvalue weighted by Crippen LogP contribution is 2.54. The SMILES string of the molecule is COC(=O)/C(C#N)=c1/cc/c(=C/c2ccc(-c3cc4c(-c5ccccc5C)c5sc(-c6ccc(/C=c7/cc/c(=C(\C#N)C(=O)OC)s7)s6)cc5c(-c5ccccc5C)c4s3)s2)s1. The van der Waals surface area contributed by atoms with E-state index in [1.165, 1.54) is 100 Å². The largest absolute Gasteiger partial charge is 0.465 e. The number of aryl methyl sites for hydroxylation is 2. The first-order chi connectivity index (χ1) is 30.2. The number of benzene rings is 3. The van der Waals surface area contributed by atoms with Crippen molar-refractivity contribution in [2.45, 2.75) is 13.8 Å². The summed E-state index contributed by atoms with van der Waals surface area (Å²) in [7, 11) is 2.56. The third-order valence-electron chi connectivity index (χ3n) is 10.3. The molecule has 9 rings (SSSR count). The summed E-state index contributed by atoms with van der Waals surface area (Å²) >= 11 is 9.87. The average molecular weight is 917 g/mol. The Bertz CT molecular complexity index is 3320. The second-order valence-electron chi connectivity index (χ2n) is 14.1. The van der Waals surface area contributed by atoms with Gasteiger partial charge in [0.25, 0.3) is 0 Å². The fraction of sp³-hybridized carbons (Fsp3) is 0.0800. The van der Waals surface area contributed by atoms with E-state index >= 15 is 0 Å². The van der Waals surface area contributed by atoms with Gasteiger partial charge in [-0.05, 0) is 109 Å². The van der Waals surface area contributed by atoms with Gasteiger partial charge in [-0.2, -0.15) is 10.5 Å². The summed E-state index contributed by atoms with van der Waals surface area (Å²) in [5.41, 5.74) is 7.32. The standard InChI is InChI=1S/C50H32N2O4S6/c1-27-9-5-7-11-33(27)45-35-23-43(41-19-15-31(59-41)21-29-13-17-39(57-29)37(25-51)49(53)55-3)62-48(35)46(34-12-8-6-10-28(34)2)36-24-44(61-47(36)45)42-20-16-32(60-42)22-30-14-18-40(58-30)38(26-52)50(54)56-4/h5-24H,1-4H3/b29-21-,30-22-,39-37-,40-38-. The number of nitrogens with zero attached hydrogens (tertiary/aromatic N) is 2. The highest BCUT2D eigenvalue weighted by Gasteiger charge is 2.24. The van der Waals surface area contributed by atoms with Gasteiger partial charge < -0.3 is 9.47 Å². The number of ether oxygens (including phenoxy) is 2. The summed E-state index contributed by atoms with van der Waals surface area (Å²) < 4.78 is 15.2. The van der Waals surface area contributed by atoms with E-state index in [1.54, 1.807) is 34.8 Å². The number of carbonyl (C=O) groups excluding carboxylic acids is 2. The number of thiophene rings is 6. The normalized spacial score (nSPS) is 13.0. The average Bonchev–Trinajstić information content (AvgIpc) is 4.14. The van der Waals surface area contributed by atoms with Crippen molar-refractivity contribution in [2.24, 2.45) is 0 Å². The van der Waals surface area contributed by atoms with E-state index < -0.39 is 11.9 Å². The van der Waals surface area contributed by atoms with Crippen LogP contribution in [0.15, 0.2) is 109 Å². The number of esters is 2. The quantitative estimate of drug-likeness (QED) is 0.141. The van der Waals surface area contributed by atoms with E-state index in [1.807, 2.05) is 46.9 Å². The second-order valence-corrected chi connectivity index (χ2v) is 20.7. The highest BCUT2D eigenvalue weighted by molar-refractivity contribution is 7.28. The molecule has 0 aliphatic heterocycles. The van der Waals surface area contributed by atoms with Crippen molar-refractivity contribution in [2.75, 3.05) is 14.2 Å². The van der Waals surface area contributed by atoms with Crippen molar-refractivity contribution < 1.29 is 19.1 Å². The molecular weight excluding hydrogens is 885 g/mol. The lowest BCUT2D eigenvalue weighted by Gasteiger charge is -2.15. The van der Waals surface area contributed by atoms with Gasteiger partial charge in [-0.3, -0.25) is 0 Å². The Balaban J connectivity index is 1.21. The zero-order valence-corrected chi connectivity index (χ0v) is 38.4. The van der Waals surface area contributed by atoms with Crippen LogP contribution in [0.5, 0.6) is 0 Å². The predicted molar refractivity (Wildman–Crippen MR) is 261 cm³/mol. The first kappa shape index (κ1) is 41.1. The van der Waals surface area contributed by atoms with Crippen molar-refractivity contribution in [1.82, 2.24) is 0 Å². The first-order valence-corrected chi connectivity index (χ1v) is 24.0. The molecule has 0 spiro atoms. The predicted octanol–water partition coefficient (Wildman–Crippen LogP) is 11.0. The molecule has 0 unspecified atom stereocenters. The topological polar surface area (TPSA) is 100 Å². The van der Waals surface area contributed by atoms with Crippen LogP contribution in [0.2, 0.25) is 0 Å². The Kier molecular flexibility index (Phi) is 11.5. The van der Waals surface area contributed by atoms with Crippen LogP contribution in [0.3, 0.4) is 0 Å². The van der Waals surface area contributed by atoms with Crippen molar-refractivity contribution in [3.05, 3.63) is 148 Å². The molecule has 0 saturated heterocycles. The zero-order valence-electron chi connectivity index (χ0n) is 33.5. The maximum atomic E-state index is 12.2. The molecule has 0 amide bonds. The molecule has 0 saturated carbocycles. The molecule has 0 fully saturated rings. The number of carbonyl (C=O) groups is 2. The number of fused-ring (bicyclic) bond motifs is 2. The van der Waals surface area contributed by atoms with Crippen LogP contribution in [-0.4, -0.2) is 26.2 Å². The summed E-state index contributed by atoms with van der Waals surface area (Å²) in [5, 5.41) is 21.6. The molecule has 9 aromatic rings. The van der Waals surface area contributed by atoms with Gasteiger partial charge in [0.15, 0.2) is 11.1 Å². The summed E-state index contributed by atoms with van der Waals surface area (Å²) in [6.45, 7) is 4.37. The zero-order chi connectivity index (χ0) is 43.1. The minimum atomic E-state index is -0.634. The lowest BCUT2D eigenvalue weighted by atomic mass is 9.90. The Labute approximate surface area is 380 Å². The van der Waals surface area contributed by atoms with Crippen molar-refractivity contribution >= 4 is 123 Å². The Morgan fingerprint density at radius 3 is 1.32 bits per heavy atom. The van der Waals surface area contributed by atoms with Gasteiger partial charge in [-0.1, -0.05) is 48.5 Å². The van der Waals surface area contributed by atoms with Gasteiger partial charge in [0, 0.05) is 69.6 Å². The fourth-order valence-corrected chi connectivity index (χ4v) is 14.0. The molecular formula is C50H32N2O4S6. The molecule has 12 heteroatoms. The molecule has 0 bridgehead atoms. The molecule has 302 valence electrons. The van der Waals surface area contributed by atoms with Crippen LogP contribution < -0.4 is 18.1 Å². The summed E-state index contributed by atoms with van der Waals surface area (Å²) in [5.74, 6) is -1.27. The lowest BCUT2D eigenvalue weighted by Crippen LogP contribution is -2.10. The first-order valence-electron chi connectivity index (χ1n) is 19.1. The van der Waals surface area contributed by atoms with Crippen LogP contribution in [0.4, 0.5) is 0 Å². The summed E-state index contributed by atoms with van der Waals surface area (Å²) in [6.07, 6.45) is 4.19. The highest BCUT2D eigenvalue weighted by atomic mass is 32.1. The second kappa shape index (κ2) is 17.3. The summed E-state index contributed by atoms with van der Waals surface area (Å²) in [4.78, 5) is 31.2. The van der Waals surface area contributed by atoms with E-state index in [-0.39, 0.29) is 11.1 Å². The van der Waals surface area contributed by atoms with Crippen LogP contribution in [0.1, 0.15) is 20.9 Å². The molecule has 3 aromatic carbocycles. The smallest absolute Gasteiger partial charge is 0.350 e. The number of hydrogen-bond acceptors (Lipinski definition) is 12. The number of nitriles is 2. The van der Waals surface area contributed by atoms with Crippen LogP contribution in [-0.2, 0) is 19.1 Å². The fourth-order valence-electron chi connectivity index (χ4n) is 7.40. The monoisotopic (exact) mass is 916 g/mol. The summed E-state index contributed by atoms with van der Waals surface area (Å²) in [6, 6.07) is 42.0. The molecule has 0 aliphatic rings. The third-order valence-corrected chi connectivity index (χ3v) is 17.2. The Morgan fingerprint density at radius 1 is 0.516 bits per heavy atom. The van der Waals surface area contributed by atoms with E-state index in [4.69, 9.17) is 9.47 Å². The Hall–Kier alpha value is -6.22. The lowest BCUT2D eigenvalue weighted by molar-refractivity contribution is -0.134. The minimum Gasteiger partial charge on any atom is -0.465 e. The van der Waals surface area contributed by atoms with E-state index in [9.17, 15) is 20.1 Å². The number of rotatable bonds is 8. The van der Waals surface area contributed by atoms with Crippen molar-refractivity contribution in [1.29, 1.82) is 10.5 Å². The van der Waals surface area contributed by atoms with Gasteiger partial charge >= 0.3 is 11.9 Å². The molecule has 0 aliphatic carbocycles. The molecule has 6 heterocycles. The maximum Gasteiger partial charge on any atom is 0.350 e. The van der Waals surface area contributed by atoms with E-state index in [2.05, 4.69) is 111 Å². The Morgan fingerprint density at radius 2 is 0.935 bits per heavy atom. The van der Waals surface area contributed by atoms with Gasteiger partial charge in [0.05, 0.1) is 23.3 Å².